The van der Waals surface area contributed by atoms with Crippen LogP contribution in [0.4, 0.5) is 11.5 Å². The quantitative estimate of drug-likeness (QED) is 0.573. The van der Waals surface area contributed by atoms with Crippen molar-refractivity contribution in [3.8, 4) is 11.6 Å². The highest BCUT2D eigenvalue weighted by molar-refractivity contribution is 5.41. The van der Waals surface area contributed by atoms with Gasteiger partial charge in [-0.3, -0.25) is 0 Å². The van der Waals surface area contributed by atoms with Crippen LogP contribution in [-0.4, -0.2) is 29.7 Å². The molecule has 0 bridgehead atoms. The Morgan fingerprint density at radius 2 is 1.90 bits per heavy atom. The average Bonchev–Trinajstić information content (AvgIpc) is 2.52. The van der Waals surface area contributed by atoms with Gasteiger partial charge in [-0.1, -0.05) is 6.92 Å². The van der Waals surface area contributed by atoms with Gasteiger partial charge in [-0.05, 0) is 30.7 Å². The van der Waals surface area contributed by atoms with Crippen LogP contribution in [0.3, 0.4) is 0 Å². The summed E-state index contributed by atoms with van der Waals surface area (Å²) in [6.07, 6.45) is 2.43. The highest BCUT2D eigenvalue weighted by Gasteiger charge is 1.99. The molecule has 6 heteroatoms. The molecule has 0 aliphatic heterocycles. The summed E-state index contributed by atoms with van der Waals surface area (Å²) in [4.78, 5) is 8.17. The molecule has 0 atom stereocenters. The van der Waals surface area contributed by atoms with Gasteiger partial charge in [0.15, 0.2) is 0 Å². The molecule has 2 rings (SSSR count). The van der Waals surface area contributed by atoms with Crippen LogP contribution in [-0.2, 0) is 0 Å². The summed E-state index contributed by atoms with van der Waals surface area (Å²) in [5.41, 5.74) is 6.34. The third-order valence-corrected chi connectivity index (χ3v) is 2.65. The largest absolute Gasteiger partial charge is 0.492 e. The minimum Gasteiger partial charge on any atom is -0.492 e. The molecular formula is C15H20N4O2. The van der Waals surface area contributed by atoms with Crippen molar-refractivity contribution in [2.75, 3.05) is 30.8 Å². The number of nitrogens with one attached hydrogen (secondary N) is 1. The van der Waals surface area contributed by atoms with E-state index in [0.717, 1.165) is 23.7 Å². The van der Waals surface area contributed by atoms with Crippen molar-refractivity contribution >= 4 is 11.5 Å². The molecule has 0 unspecified atom stereocenters. The number of nitrogens with zero attached hydrogens (tertiary/aromatic N) is 2. The molecule has 0 fully saturated rings. The van der Waals surface area contributed by atoms with Gasteiger partial charge in [-0.25, -0.2) is 9.97 Å². The molecular weight excluding hydrogens is 268 g/mol. The van der Waals surface area contributed by atoms with E-state index in [4.69, 9.17) is 15.2 Å². The van der Waals surface area contributed by atoms with Crippen molar-refractivity contribution in [3.05, 3.63) is 36.7 Å². The molecule has 0 saturated heterocycles. The van der Waals surface area contributed by atoms with Crippen LogP contribution in [0, 0.1) is 0 Å². The van der Waals surface area contributed by atoms with Gasteiger partial charge in [0.25, 0.3) is 0 Å². The molecule has 0 aliphatic rings. The molecule has 0 saturated carbocycles. The van der Waals surface area contributed by atoms with Crippen LogP contribution in [0.5, 0.6) is 11.6 Å². The van der Waals surface area contributed by atoms with E-state index >= 15 is 0 Å². The summed E-state index contributed by atoms with van der Waals surface area (Å²) in [5.74, 6) is 2.09. The summed E-state index contributed by atoms with van der Waals surface area (Å²) < 4.78 is 11.0. The number of aromatic nitrogens is 2. The van der Waals surface area contributed by atoms with Crippen LogP contribution in [0.15, 0.2) is 36.7 Å². The van der Waals surface area contributed by atoms with E-state index in [1.54, 1.807) is 6.07 Å². The van der Waals surface area contributed by atoms with E-state index in [0.29, 0.717) is 25.6 Å². The number of hydrogen-bond acceptors (Lipinski definition) is 6. The fourth-order valence-electron chi connectivity index (χ4n) is 1.63. The molecule has 2 aromatic rings. The SMILES string of the molecule is CCCOc1cc(NCCOc2ccc(N)cc2)ncn1. The molecule has 21 heavy (non-hydrogen) atoms. The molecule has 0 aliphatic carbocycles. The van der Waals surface area contributed by atoms with Crippen LogP contribution >= 0.6 is 0 Å². The third-order valence-electron chi connectivity index (χ3n) is 2.65. The van der Waals surface area contributed by atoms with Gasteiger partial charge in [0.1, 0.15) is 24.5 Å². The molecule has 0 radical (unpaired) electrons. The number of anilines is 2. The van der Waals surface area contributed by atoms with Gasteiger partial charge in [0.05, 0.1) is 13.2 Å². The van der Waals surface area contributed by atoms with Gasteiger partial charge in [-0.2, -0.15) is 0 Å². The van der Waals surface area contributed by atoms with Gasteiger partial charge in [0.2, 0.25) is 5.88 Å². The molecule has 6 nitrogen and oxygen atoms in total. The Morgan fingerprint density at radius 1 is 1.10 bits per heavy atom. The van der Waals surface area contributed by atoms with Crippen molar-refractivity contribution in [1.82, 2.24) is 9.97 Å². The molecule has 3 N–H and O–H groups in total. The lowest BCUT2D eigenvalue weighted by molar-refractivity contribution is 0.304. The first-order valence-corrected chi connectivity index (χ1v) is 6.95. The van der Waals surface area contributed by atoms with Crippen LogP contribution < -0.4 is 20.5 Å². The first kappa shape index (κ1) is 14.9. The second-order valence-electron chi connectivity index (χ2n) is 4.43. The summed E-state index contributed by atoms with van der Waals surface area (Å²) in [5, 5.41) is 3.16. The van der Waals surface area contributed by atoms with Crippen LogP contribution in [0.2, 0.25) is 0 Å². The standard InChI is InChI=1S/C15H20N4O2/c1-2-8-21-15-10-14(18-11-19-15)17-7-9-20-13-5-3-12(16)4-6-13/h3-6,10-11H,2,7-9,16H2,1H3,(H,17,18,19). The van der Waals surface area contributed by atoms with E-state index in [9.17, 15) is 0 Å². The zero-order valence-electron chi connectivity index (χ0n) is 12.1. The van der Waals surface area contributed by atoms with Crippen LogP contribution in [0.1, 0.15) is 13.3 Å². The van der Waals surface area contributed by atoms with E-state index in [-0.39, 0.29) is 0 Å². The van der Waals surface area contributed by atoms with E-state index in [2.05, 4.69) is 22.2 Å². The maximum Gasteiger partial charge on any atom is 0.218 e. The number of nitrogens with two attached hydrogens (primary N) is 1. The highest BCUT2D eigenvalue weighted by atomic mass is 16.5. The number of nitrogen functional groups attached to an aromatic ring is 1. The third kappa shape index (κ3) is 5.18. The minimum absolute atomic E-state index is 0.527. The number of benzene rings is 1. The zero-order valence-corrected chi connectivity index (χ0v) is 12.1. The smallest absolute Gasteiger partial charge is 0.218 e. The van der Waals surface area contributed by atoms with Gasteiger partial charge >= 0.3 is 0 Å². The van der Waals surface area contributed by atoms with Gasteiger partial charge < -0.3 is 20.5 Å². The summed E-state index contributed by atoms with van der Waals surface area (Å²) in [6.45, 7) is 3.86. The monoisotopic (exact) mass is 288 g/mol. The maximum atomic E-state index is 5.61. The summed E-state index contributed by atoms with van der Waals surface area (Å²) in [7, 11) is 0. The van der Waals surface area contributed by atoms with Crippen LogP contribution in [0.25, 0.3) is 0 Å². The Kier molecular flexibility index (Phi) is 5.63. The van der Waals surface area contributed by atoms with Crippen molar-refractivity contribution < 1.29 is 9.47 Å². The predicted octanol–water partition coefficient (Wildman–Crippen LogP) is 2.34. The van der Waals surface area contributed by atoms with Crippen molar-refractivity contribution in [2.24, 2.45) is 0 Å². The topological polar surface area (TPSA) is 82.3 Å². The lowest BCUT2D eigenvalue weighted by Crippen LogP contribution is -2.12. The number of rotatable bonds is 8. The fourth-order valence-corrected chi connectivity index (χ4v) is 1.63. The van der Waals surface area contributed by atoms with Gasteiger partial charge in [0, 0.05) is 11.8 Å². The first-order chi connectivity index (χ1) is 10.3. The highest BCUT2D eigenvalue weighted by Crippen LogP contribution is 2.13. The van der Waals surface area contributed by atoms with Crippen molar-refractivity contribution in [2.45, 2.75) is 13.3 Å². The summed E-state index contributed by atoms with van der Waals surface area (Å²) in [6, 6.07) is 9.08. The Hall–Kier alpha value is -2.50. The first-order valence-electron chi connectivity index (χ1n) is 6.95. The van der Waals surface area contributed by atoms with E-state index < -0.39 is 0 Å². The Morgan fingerprint density at radius 3 is 2.67 bits per heavy atom. The minimum atomic E-state index is 0.527. The molecule has 0 amide bonds. The number of ether oxygens (including phenoxy) is 2. The Balaban J connectivity index is 1.74. The number of hydrogen-bond donors (Lipinski definition) is 2. The molecule has 112 valence electrons. The summed E-state index contributed by atoms with van der Waals surface area (Å²) >= 11 is 0. The normalized spacial score (nSPS) is 10.1. The fraction of sp³-hybridized carbons (Fsp3) is 0.333. The van der Waals surface area contributed by atoms with Crippen molar-refractivity contribution in [1.29, 1.82) is 0 Å². The van der Waals surface area contributed by atoms with Crippen molar-refractivity contribution in [3.63, 3.8) is 0 Å². The lowest BCUT2D eigenvalue weighted by Gasteiger charge is -2.09. The van der Waals surface area contributed by atoms with Gasteiger partial charge in [-0.15, -0.1) is 0 Å². The van der Waals surface area contributed by atoms with E-state index in [1.807, 2.05) is 24.3 Å². The van der Waals surface area contributed by atoms with E-state index in [1.165, 1.54) is 6.33 Å². The molecule has 1 aromatic heterocycles. The Labute approximate surface area is 124 Å². The predicted molar refractivity (Wildman–Crippen MR) is 82.7 cm³/mol. The second-order valence-corrected chi connectivity index (χ2v) is 4.43. The lowest BCUT2D eigenvalue weighted by atomic mass is 10.3. The molecule has 0 spiro atoms. The molecule has 1 aromatic carbocycles. The molecule has 1 heterocycles. The Bertz CT molecular complexity index is 546. The zero-order chi connectivity index (χ0) is 14.9. The second kappa shape index (κ2) is 7.94. The average molecular weight is 288 g/mol. The maximum absolute atomic E-state index is 5.61.